The Morgan fingerprint density at radius 2 is 2.12 bits per heavy atom. The van der Waals surface area contributed by atoms with Gasteiger partial charge in [-0.2, -0.15) is 0 Å². The maximum Gasteiger partial charge on any atom is 0.229 e. The molecule has 0 aliphatic heterocycles. The smallest absolute Gasteiger partial charge is 0.229 e. The first kappa shape index (κ1) is 8.22. The van der Waals surface area contributed by atoms with Crippen LogP contribution < -0.4 is 4.72 Å². The van der Waals surface area contributed by atoms with E-state index < -0.39 is 10.0 Å². The predicted molar refractivity (Wildman–Crippen MR) is 41.1 cm³/mol. The van der Waals surface area contributed by atoms with E-state index in [1.165, 1.54) is 6.20 Å². The van der Waals surface area contributed by atoms with Crippen molar-refractivity contribution >= 4 is 32.6 Å². The van der Waals surface area contributed by atoms with Crippen molar-refractivity contribution in [1.29, 1.82) is 0 Å². The molecule has 0 fully saturated rings. The molecule has 0 unspecified atom stereocenters. The summed E-state index contributed by atoms with van der Waals surface area (Å²) in [7, 11) is -3.03. The van der Waals surface area contributed by atoms with Crippen molar-refractivity contribution in [3.05, 3.63) is 10.3 Å². The van der Waals surface area contributed by atoms with E-state index in [4.69, 9.17) is 0 Å². The van der Waals surface area contributed by atoms with Crippen LogP contribution in [-0.2, 0) is 10.0 Å². The number of nitrogens with one attached hydrogen (secondary N) is 1. The molecule has 0 aromatic rings. The lowest BCUT2D eigenvalue weighted by Gasteiger charge is -1.90. The zero-order chi connectivity index (χ0) is 6.62. The molecule has 0 atom stereocenters. The quantitative estimate of drug-likeness (QED) is 0.720. The minimum Gasteiger partial charge on any atom is -0.290 e. The Kier molecular flexibility index (Phi) is 3.38. The van der Waals surface area contributed by atoms with Crippen LogP contribution in [0.4, 0.5) is 0 Å². The Labute approximate surface area is 62.4 Å². The molecule has 0 rings (SSSR count). The van der Waals surface area contributed by atoms with Crippen molar-refractivity contribution in [2.75, 3.05) is 6.26 Å². The van der Waals surface area contributed by atoms with Crippen LogP contribution in [0.15, 0.2) is 10.3 Å². The summed E-state index contributed by atoms with van der Waals surface area (Å²) in [5, 5.41) is 0. The van der Waals surface area contributed by atoms with Gasteiger partial charge in [-0.15, -0.1) is 0 Å². The lowest BCUT2D eigenvalue weighted by atomic mass is 11.1. The first-order chi connectivity index (χ1) is 3.56. The van der Waals surface area contributed by atoms with Gasteiger partial charge in [0.05, 0.1) is 6.26 Å². The van der Waals surface area contributed by atoms with Crippen LogP contribution in [0.25, 0.3) is 0 Å². The van der Waals surface area contributed by atoms with E-state index in [2.05, 4.69) is 4.72 Å². The topological polar surface area (TPSA) is 46.2 Å². The van der Waals surface area contributed by atoms with Gasteiger partial charge in [0.15, 0.2) is 0 Å². The minimum atomic E-state index is -3.03. The van der Waals surface area contributed by atoms with Crippen LogP contribution in [0.2, 0.25) is 0 Å². The van der Waals surface area contributed by atoms with Gasteiger partial charge in [-0.1, -0.05) is 22.6 Å². The molecule has 0 aliphatic rings. The van der Waals surface area contributed by atoms with Gasteiger partial charge < -0.3 is 0 Å². The van der Waals surface area contributed by atoms with Gasteiger partial charge in [-0.05, 0) is 4.08 Å². The Bertz CT molecular complexity index is 172. The van der Waals surface area contributed by atoms with Crippen molar-refractivity contribution < 1.29 is 8.42 Å². The van der Waals surface area contributed by atoms with Crippen LogP contribution >= 0.6 is 22.6 Å². The Morgan fingerprint density at radius 1 is 1.62 bits per heavy atom. The zero-order valence-corrected chi connectivity index (χ0v) is 7.23. The summed E-state index contributed by atoms with van der Waals surface area (Å²) < 4.78 is 24.2. The molecule has 0 heterocycles. The van der Waals surface area contributed by atoms with E-state index in [1.54, 1.807) is 4.08 Å². The number of halogens is 1. The molecule has 0 amide bonds. The van der Waals surface area contributed by atoms with E-state index in [0.717, 1.165) is 6.26 Å². The van der Waals surface area contributed by atoms with E-state index in [1.807, 2.05) is 22.6 Å². The van der Waals surface area contributed by atoms with E-state index in [9.17, 15) is 8.42 Å². The number of sulfonamides is 1. The minimum absolute atomic E-state index is 1.10. The monoisotopic (exact) mass is 247 g/mol. The summed E-state index contributed by atoms with van der Waals surface area (Å²) in [4.78, 5) is 0. The Morgan fingerprint density at radius 3 is 2.25 bits per heavy atom. The third kappa shape index (κ3) is 6.22. The summed E-state index contributed by atoms with van der Waals surface area (Å²) in [6, 6.07) is 0. The third-order valence-electron chi connectivity index (χ3n) is 0.345. The van der Waals surface area contributed by atoms with E-state index >= 15 is 0 Å². The Balaban J connectivity index is 3.76. The van der Waals surface area contributed by atoms with Crippen LogP contribution in [-0.4, -0.2) is 14.7 Å². The standard InChI is InChI=1S/C3H6INO2S/c1-8(6,7)5-3-2-4/h2-3,5H,1H3/b3-2-. The molecule has 8 heavy (non-hydrogen) atoms. The van der Waals surface area contributed by atoms with Crippen molar-refractivity contribution in [2.24, 2.45) is 0 Å². The molecule has 0 saturated heterocycles. The van der Waals surface area contributed by atoms with Gasteiger partial charge in [0.2, 0.25) is 10.0 Å². The Hall–Kier alpha value is 0.220. The average molecular weight is 247 g/mol. The van der Waals surface area contributed by atoms with Gasteiger partial charge >= 0.3 is 0 Å². The zero-order valence-electron chi connectivity index (χ0n) is 4.26. The molecule has 3 nitrogen and oxygen atoms in total. The molecule has 0 aliphatic carbocycles. The molecule has 0 aromatic carbocycles. The highest BCUT2D eigenvalue weighted by Crippen LogP contribution is 1.81. The highest BCUT2D eigenvalue weighted by atomic mass is 127. The lowest BCUT2D eigenvalue weighted by Crippen LogP contribution is -2.14. The second kappa shape index (κ2) is 3.29. The van der Waals surface area contributed by atoms with Gasteiger partial charge in [0.25, 0.3) is 0 Å². The lowest BCUT2D eigenvalue weighted by molar-refractivity contribution is 0.596. The molecule has 0 aromatic heterocycles. The first-order valence-electron chi connectivity index (χ1n) is 1.79. The molecule has 0 saturated carbocycles. The summed E-state index contributed by atoms with van der Waals surface area (Å²) >= 11 is 1.92. The van der Waals surface area contributed by atoms with Gasteiger partial charge in [0.1, 0.15) is 0 Å². The number of hydrogen-bond acceptors (Lipinski definition) is 2. The predicted octanol–water partition coefficient (Wildman–Crippen LogP) is 0.442. The van der Waals surface area contributed by atoms with Crippen molar-refractivity contribution in [3.63, 3.8) is 0 Å². The number of rotatable bonds is 2. The van der Waals surface area contributed by atoms with Gasteiger partial charge in [-0.3, -0.25) is 4.72 Å². The van der Waals surface area contributed by atoms with Gasteiger partial charge in [0, 0.05) is 6.20 Å². The maximum absolute atomic E-state index is 10.2. The SMILES string of the molecule is CS(=O)(=O)N/C=C\I. The highest BCUT2D eigenvalue weighted by molar-refractivity contribution is 14.1. The van der Waals surface area contributed by atoms with Crippen molar-refractivity contribution in [2.45, 2.75) is 0 Å². The van der Waals surface area contributed by atoms with E-state index in [0.29, 0.717) is 0 Å². The second-order valence-electron chi connectivity index (χ2n) is 1.18. The van der Waals surface area contributed by atoms with Crippen LogP contribution in [0.1, 0.15) is 0 Å². The molecular weight excluding hydrogens is 241 g/mol. The fourth-order valence-corrected chi connectivity index (χ4v) is 0.888. The summed E-state index contributed by atoms with van der Waals surface area (Å²) in [5.41, 5.74) is 0. The summed E-state index contributed by atoms with van der Waals surface area (Å²) in [6.07, 6.45) is 2.46. The summed E-state index contributed by atoms with van der Waals surface area (Å²) in [5.74, 6) is 0. The highest BCUT2D eigenvalue weighted by Gasteiger charge is 1.90. The fourth-order valence-electron chi connectivity index (χ4n) is 0.149. The number of hydrogen-bond donors (Lipinski definition) is 1. The molecule has 48 valence electrons. The maximum atomic E-state index is 10.2. The molecule has 5 heteroatoms. The van der Waals surface area contributed by atoms with Crippen molar-refractivity contribution in [3.8, 4) is 0 Å². The largest absolute Gasteiger partial charge is 0.290 e. The van der Waals surface area contributed by atoms with E-state index in [-0.39, 0.29) is 0 Å². The van der Waals surface area contributed by atoms with Crippen LogP contribution in [0.3, 0.4) is 0 Å². The fraction of sp³-hybridized carbons (Fsp3) is 0.333. The average Bonchev–Trinajstić information content (AvgIpc) is 1.59. The normalized spacial score (nSPS) is 12.2. The third-order valence-corrected chi connectivity index (χ3v) is 1.27. The molecule has 0 spiro atoms. The first-order valence-corrected chi connectivity index (χ1v) is 4.92. The molecule has 1 N–H and O–H groups in total. The second-order valence-corrected chi connectivity index (χ2v) is 3.68. The van der Waals surface area contributed by atoms with Crippen LogP contribution in [0.5, 0.6) is 0 Å². The van der Waals surface area contributed by atoms with Crippen molar-refractivity contribution in [1.82, 2.24) is 4.72 Å². The summed E-state index contributed by atoms with van der Waals surface area (Å²) in [6.45, 7) is 0. The molecule has 0 bridgehead atoms. The van der Waals surface area contributed by atoms with Crippen LogP contribution in [0, 0.1) is 0 Å². The molecule has 0 radical (unpaired) electrons. The van der Waals surface area contributed by atoms with Gasteiger partial charge in [-0.25, -0.2) is 8.42 Å². The molecular formula is C3H6INO2S.